The lowest BCUT2D eigenvalue weighted by atomic mass is 10.1. The van der Waals surface area contributed by atoms with Crippen LogP contribution >= 0.6 is 0 Å². The Labute approximate surface area is 122 Å². The van der Waals surface area contributed by atoms with Gasteiger partial charge in [0.15, 0.2) is 0 Å². The minimum atomic E-state index is -0.196. The molecule has 0 rings (SSSR count). The fraction of sp³-hybridized carbons (Fsp3) is 0.867. The first-order valence-corrected chi connectivity index (χ1v) is 7.48. The van der Waals surface area contributed by atoms with E-state index in [1.54, 1.807) is 6.92 Å². The summed E-state index contributed by atoms with van der Waals surface area (Å²) in [6.45, 7) is 5.18. The highest BCUT2D eigenvalue weighted by Crippen LogP contribution is 2.12. The topological polar surface area (TPSA) is 61.8 Å². The third-order valence-corrected chi connectivity index (χ3v) is 2.90. The van der Waals surface area contributed by atoms with Crippen molar-refractivity contribution >= 4 is 11.9 Å². The van der Waals surface area contributed by atoms with Gasteiger partial charge in [0.25, 0.3) is 0 Å². The maximum atomic E-state index is 11.4. The molecule has 0 fully saturated rings. The van der Waals surface area contributed by atoms with E-state index in [0.717, 1.165) is 32.3 Å². The van der Waals surface area contributed by atoms with Gasteiger partial charge in [-0.15, -0.1) is 0 Å². The smallest absolute Gasteiger partial charge is 0.305 e. The van der Waals surface area contributed by atoms with Crippen LogP contribution in [-0.4, -0.2) is 38.4 Å². The van der Waals surface area contributed by atoms with E-state index in [-0.39, 0.29) is 18.0 Å². The fourth-order valence-corrected chi connectivity index (χ4v) is 1.74. The second-order valence-electron chi connectivity index (χ2n) is 4.69. The van der Waals surface area contributed by atoms with Crippen molar-refractivity contribution in [2.45, 2.75) is 64.9 Å². The molecule has 0 aliphatic rings. The maximum Gasteiger partial charge on any atom is 0.305 e. The van der Waals surface area contributed by atoms with E-state index >= 15 is 0 Å². The van der Waals surface area contributed by atoms with Gasteiger partial charge in [-0.3, -0.25) is 9.59 Å². The number of unbranched alkanes of at least 4 members (excludes halogenated alkanes) is 1. The van der Waals surface area contributed by atoms with Gasteiger partial charge in [-0.2, -0.15) is 0 Å². The Balaban J connectivity index is 3.91. The number of ether oxygens (including phenoxy) is 3. The summed E-state index contributed by atoms with van der Waals surface area (Å²) in [5, 5.41) is 0. The number of carbonyl (C=O) groups is 2. The number of hydrogen-bond donors (Lipinski definition) is 0. The van der Waals surface area contributed by atoms with E-state index in [4.69, 9.17) is 9.47 Å². The Morgan fingerprint density at radius 3 is 2.35 bits per heavy atom. The van der Waals surface area contributed by atoms with Gasteiger partial charge in [0.2, 0.25) is 0 Å². The van der Waals surface area contributed by atoms with Crippen LogP contribution in [0.1, 0.15) is 58.8 Å². The molecule has 0 aliphatic heterocycles. The van der Waals surface area contributed by atoms with Crippen molar-refractivity contribution in [3.63, 3.8) is 0 Å². The van der Waals surface area contributed by atoms with Crippen LogP contribution in [0.4, 0.5) is 0 Å². The second-order valence-corrected chi connectivity index (χ2v) is 4.69. The zero-order chi connectivity index (χ0) is 15.2. The number of carbonyl (C=O) groups excluding carboxylic acids is 2. The van der Waals surface area contributed by atoms with Gasteiger partial charge in [-0.25, -0.2) is 0 Å². The van der Waals surface area contributed by atoms with E-state index in [1.807, 2.05) is 0 Å². The first-order valence-electron chi connectivity index (χ1n) is 7.48. The third kappa shape index (κ3) is 10.8. The summed E-state index contributed by atoms with van der Waals surface area (Å²) in [7, 11) is 1.39. The van der Waals surface area contributed by atoms with Crippen LogP contribution in [0.3, 0.4) is 0 Å². The zero-order valence-electron chi connectivity index (χ0n) is 13.0. The summed E-state index contributed by atoms with van der Waals surface area (Å²) in [6, 6.07) is 0. The lowest BCUT2D eigenvalue weighted by Gasteiger charge is -2.17. The van der Waals surface area contributed by atoms with E-state index < -0.39 is 0 Å². The summed E-state index contributed by atoms with van der Waals surface area (Å²) < 4.78 is 15.4. The number of methoxy groups -OCH3 is 1. The van der Waals surface area contributed by atoms with Gasteiger partial charge in [-0.1, -0.05) is 13.8 Å². The zero-order valence-corrected chi connectivity index (χ0v) is 13.0. The van der Waals surface area contributed by atoms with E-state index in [0.29, 0.717) is 25.9 Å². The number of esters is 2. The van der Waals surface area contributed by atoms with Crippen molar-refractivity contribution < 1.29 is 23.8 Å². The van der Waals surface area contributed by atoms with Gasteiger partial charge >= 0.3 is 11.9 Å². The summed E-state index contributed by atoms with van der Waals surface area (Å²) in [5.74, 6) is -0.378. The van der Waals surface area contributed by atoms with Crippen LogP contribution in [0.15, 0.2) is 0 Å². The average Bonchev–Trinajstić information content (AvgIpc) is 2.46. The summed E-state index contributed by atoms with van der Waals surface area (Å²) in [4.78, 5) is 22.4. The normalized spacial score (nSPS) is 11.9. The quantitative estimate of drug-likeness (QED) is 0.408. The van der Waals surface area contributed by atoms with Crippen LogP contribution in [0.5, 0.6) is 0 Å². The van der Waals surface area contributed by atoms with Crippen LogP contribution in [0.2, 0.25) is 0 Å². The molecule has 118 valence electrons. The Bertz CT molecular complexity index is 265. The predicted octanol–water partition coefficient (Wildman–Crippen LogP) is 2.86. The van der Waals surface area contributed by atoms with E-state index in [1.165, 1.54) is 7.11 Å². The molecule has 0 saturated carbocycles. The molecular weight excluding hydrogens is 260 g/mol. The SMILES string of the molecule is CCCOCC[C@@H](CCCCC(=O)OC)OC(=O)CC. The van der Waals surface area contributed by atoms with Gasteiger partial charge in [0.05, 0.1) is 13.7 Å². The third-order valence-electron chi connectivity index (χ3n) is 2.90. The minimum absolute atomic E-state index is 0.114. The van der Waals surface area contributed by atoms with Crippen LogP contribution < -0.4 is 0 Å². The summed E-state index contributed by atoms with van der Waals surface area (Å²) >= 11 is 0. The first kappa shape index (κ1) is 18.9. The molecule has 0 N–H and O–H groups in total. The highest BCUT2D eigenvalue weighted by molar-refractivity contribution is 5.69. The van der Waals surface area contributed by atoms with E-state index in [2.05, 4.69) is 11.7 Å². The van der Waals surface area contributed by atoms with Gasteiger partial charge < -0.3 is 14.2 Å². The molecule has 0 radical (unpaired) electrons. The molecule has 0 aromatic carbocycles. The summed E-state index contributed by atoms with van der Waals surface area (Å²) in [6.07, 6.45) is 4.73. The molecule has 5 heteroatoms. The van der Waals surface area contributed by atoms with Gasteiger partial charge in [0.1, 0.15) is 6.10 Å². The van der Waals surface area contributed by atoms with Crippen LogP contribution in [-0.2, 0) is 23.8 Å². The number of rotatable bonds is 12. The second kappa shape index (κ2) is 12.9. The standard InChI is InChI=1S/C15H28O5/c1-4-11-19-12-10-13(20-14(16)5-2)8-6-7-9-15(17)18-3/h13H,4-12H2,1-3H3/t13-/m1/s1. The molecular formula is C15H28O5. The molecule has 0 bridgehead atoms. The molecule has 0 heterocycles. The monoisotopic (exact) mass is 288 g/mol. The molecule has 20 heavy (non-hydrogen) atoms. The molecule has 1 atom stereocenters. The highest BCUT2D eigenvalue weighted by atomic mass is 16.5. The lowest BCUT2D eigenvalue weighted by Crippen LogP contribution is -2.20. The minimum Gasteiger partial charge on any atom is -0.469 e. The Morgan fingerprint density at radius 1 is 1.00 bits per heavy atom. The van der Waals surface area contributed by atoms with Crippen molar-refractivity contribution in [2.24, 2.45) is 0 Å². The van der Waals surface area contributed by atoms with E-state index in [9.17, 15) is 9.59 Å². The molecule has 0 saturated heterocycles. The van der Waals surface area contributed by atoms with Crippen molar-refractivity contribution in [3.05, 3.63) is 0 Å². The van der Waals surface area contributed by atoms with Crippen molar-refractivity contribution in [2.75, 3.05) is 20.3 Å². The molecule has 0 aliphatic carbocycles. The predicted molar refractivity (Wildman–Crippen MR) is 76.4 cm³/mol. The lowest BCUT2D eigenvalue weighted by molar-refractivity contribution is -0.150. The summed E-state index contributed by atoms with van der Waals surface area (Å²) in [5.41, 5.74) is 0. The Kier molecular flexibility index (Phi) is 12.2. The molecule has 0 aromatic heterocycles. The molecule has 5 nitrogen and oxygen atoms in total. The Hall–Kier alpha value is -1.10. The highest BCUT2D eigenvalue weighted by Gasteiger charge is 2.13. The van der Waals surface area contributed by atoms with Crippen molar-refractivity contribution in [1.82, 2.24) is 0 Å². The van der Waals surface area contributed by atoms with Crippen molar-refractivity contribution in [3.8, 4) is 0 Å². The average molecular weight is 288 g/mol. The molecule has 0 spiro atoms. The molecule has 0 aromatic rings. The van der Waals surface area contributed by atoms with Gasteiger partial charge in [-0.05, 0) is 25.7 Å². The molecule has 0 amide bonds. The first-order chi connectivity index (χ1) is 9.63. The Morgan fingerprint density at radius 2 is 1.75 bits per heavy atom. The fourth-order valence-electron chi connectivity index (χ4n) is 1.74. The largest absolute Gasteiger partial charge is 0.469 e. The van der Waals surface area contributed by atoms with Crippen LogP contribution in [0.25, 0.3) is 0 Å². The maximum absolute atomic E-state index is 11.4. The van der Waals surface area contributed by atoms with Crippen LogP contribution in [0, 0.1) is 0 Å². The van der Waals surface area contributed by atoms with Gasteiger partial charge in [0, 0.05) is 25.9 Å². The molecule has 0 unspecified atom stereocenters. The number of hydrogen-bond acceptors (Lipinski definition) is 5. The van der Waals surface area contributed by atoms with Crippen molar-refractivity contribution in [1.29, 1.82) is 0 Å².